The van der Waals surface area contributed by atoms with Crippen LogP contribution in [-0.4, -0.2) is 75.8 Å². The number of aliphatic hydroxyl groups excluding tert-OH is 2. The minimum atomic E-state index is -1.95. The molecule has 0 aliphatic heterocycles. The Morgan fingerprint density at radius 1 is 0.642 bits per heavy atom. The molecule has 290 valence electrons. The van der Waals surface area contributed by atoms with Gasteiger partial charge in [-0.25, -0.2) is 8.78 Å². The molecule has 0 heterocycles. The fourth-order valence-corrected chi connectivity index (χ4v) is 15.2. The molecule has 6 saturated carbocycles. The van der Waals surface area contributed by atoms with Gasteiger partial charge in [-0.15, -0.1) is 0 Å². The Balaban J connectivity index is 1.07. The van der Waals surface area contributed by atoms with Crippen molar-refractivity contribution in [2.75, 3.05) is 0 Å². The van der Waals surface area contributed by atoms with Crippen LogP contribution < -0.4 is 0 Å². The van der Waals surface area contributed by atoms with Crippen LogP contribution in [0.4, 0.5) is 8.78 Å². The van der Waals surface area contributed by atoms with Gasteiger partial charge in [0.15, 0.2) is 23.1 Å². The molecule has 0 radical (unpaired) electrons. The molecule has 14 atom stereocenters. The molecule has 0 aromatic heterocycles. The van der Waals surface area contributed by atoms with Gasteiger partial charge in [-0.3, -0.25) is 19.2 Å². The van der Waals surface area contributed by atoms with Gasteiger partial charge < -0.3 is 19.5 Å². The number of allylic oxidation sites excluding steroid dienone is 2. The highest BCUT2D eigenvalue weighted by Gasteiger charge is 2.76. The van der Waals surface area contributed by atoms with Crippen LogP contribution in [0.1, 0.15) is 131 Å². The minimum absolute atomic E-state index is 0.00159. The fourth-order valence-electron chi connectivity index (χ4n) is 15.2. The third-order valence-corrected chi connectivity index (χ3v) is 18.1. The molecule has 0 spiro atoms. The summed E-state index contributed by atoms with van der Waals surface area (Å²) in [5.74, 6) is -2.06. The summed E-state index contributed by atoms with van der Waals surface area (Å²) in [5, 5.41) is 23.7. The van der Waals surface area contributed by atoms with Crippen LogP contribution in [0, 0.1) is 45.3 Å². The first-order valence-corrected chi connectivity index (χ1v) is 20.2. The van der Waals surface area contributed by atoms with Crippen molar-refractivity contribution in [1.82, 2.24) is 0 Å². The summed E-state index contributed by atoms with van der Waals surface area (Å²) in [4.78, 5) is 52.4. The maximum atomic E-state index is 17.8. The zero-order chi connectivity index (χ0) is 38.4. The molecule has 8 aliphatic carbocycles. The number of Topliss-reactive ketones (excluding diaryl/α,β-unsaturated/α-hetero) is 2. The second kappa shape index (κ2) is 11.7. The second-order valence-corrected chi connectivity index (χ2v) is 19.5. The average molecular weight is 739 g/mol. The van der Waals surface area contributed by atoms with E-state index in [4.69, 9.17) is 9.31 Å². The van der Waals surface area contributed by atoms with Crippen molar-refractivity contribution in [3.63, 3.8) is 0 Å². The number of ketones is 4. The predicted octanol–water partition coefficient (Wildman–Crippen LogP) is 6.13. The SMILES string of the molecule is CC(=O)C1(OBOC2(C(C)=O)CCC3C4CCC5=CC(=O)CCC5(C)C4(F)C(O)CC32C)CCC2C3CCC4=CC(=O)CCC4(C)C3(F)C(O)CC21C. The summed E-state index contributed by atoms with van der Waals surface area (Å²) in [5.41, 5.74) is -8.92. The highest BCUT2D eigenvalue weighted by Crippen LogP contribution is 2.73. The fraction of sp³-hybridized carbons (Fsp3) is 0.810. The van der Waals surface area contributed by atoms with E-state index in [0.29, 0.717) is 64.2 Å². The molecule has 2 N–H and O–H groups in total. The van der Waals surface area contributed by atoms with Gasteiger partial charge in [0.25, 0.3) is 0 Å². The molecule has 0 amide bonds. The first-order valence-electron chi connectivity index (χ1n) is 20.2. The van der Waals surface area contributed by atoms with Crippen LogP contribution in [0.15, 0.2) is 23.3 Å². The maximum absolute atomic E-state index is 17.8. The van der Waals surface area contributed by atoms with Gasteiger partial charge in [0, 0.05) is 46.3 Å². The Morgan fingerprint density at radius 2 is 1.02 bits per heavy atom. The highest BCUT2D eigenvalue weighted by atomic mass is 19.1. The van der Waals surface area contributed by atoms with Crippen LogP contribution in [0.3, 0.4) is 0 Å². The Kier molecular flexibility index (Phi) is 8.37. The third-order valence-electron chi connectivity index (χ3n) is 18.1. The first kappa shape index (κ1) is 37.8. The number of carbonyl (C=O) groups is 4. The number of hydrogen-bond donors (Lipinski definition) is 2. The number of aliphatic hydroxyl groups is 2. The molecule has 11 heteroatoms. The Bertz CT molecular complexity index is 1610. The van der Waals surface area contributed by atoms with Crippen molar-refractivity contribution in [2.24, 2.45) is 45.3 Å². The van der Waals surface area contributed by atoms with Crippen molar-refractivity contribution in [3.8, 4) is 0 Å². The maximum Gasteiger partial charge on any atom is 0.439 e. The smallest absolute Gasteiger partial charge is 0.401 e. The number of alkyl halides is 2. The van der Waals surface area contributed by atoms with Gasteiger partial charge in [0.2, 0.25) is 0 Å². The molecule has 8 rings (SSSR count). The molecule has 53 heavy (non-hydrogen) atoms. The Labute approximate surface area is 312 Å². The van der Waals surface area contributed by atoms with Crippen molar-refractivity contribution >= 4 is 30.8 Å². The lowest BCUT2D eigenvalue weighted by atomic mass is 9.43. The largest absolute Gasteiger partial charge is 0.439 e. The highest BCUT2D eigenvalue weighted by molar-refractivity contribution is 6.20. The molecular formula is C42H57BF2O8. The van der Waals surface area contributed by atoms with Crippen LogP contribution in [-0.2, 0) is 28.5 Å². The average Bonchev–Trinajstić information content (AvgIpc) is 3.54. The van der Waals surface area contributed by atoms with Crippen LogP contribution in [0.5, 0.6) is 0 Å². The standard InChI is InChI=1S/C42H57BF2O8/c1-23(46)39(17-13-29-31-9-7-25-19-27(48)11-15-35(25,3)41(31,44)33(50)21-37(29,39)5)52-43-53-40(24(2)47)18-14-30-32-10-8-26-20-28(49)12-16-36(26,4)42(32,45)34(51)22-38(30,40)6/h19-20,29-34,43,50-51H,7-18,21-22H2,1-6H3. The molecule has 0 aromatic carbocycles. The van der Waals surface area contributed by atoms with Gasteiger partial charge in [-0.1, -0.05) is 38.8 Å². The van der Waals surface area contributed by atoms with Gasteiger partial charge in [0.05, 0.1) is 12.2 Å². The van der Waals surface area contributed by atoms with E-state index in [1.807, 2.05) is 27.7 Å². The molecular weight excluding hydrogens is 681 g/mol. The molecule has 8 aliphatic rings. The number of fused-ring (bicyclic) bond motifs is 10. The van der Waals surface area contributed by atoms with E-state index in [1.54, 1.807) is 12.2 Å². The lowest BCUT2D eigenvalue weighted by molar-refractivity contribution is -0.229. The first-order chi connectivity index (χ1) is 24.7. The lowest BCUT2D eigenvalue weighted by Gasteiger charge is -2.64. The molecule has 0 saturated heterocycles. The third kappa shape index (κ3) is 4.37. The van der Waals surface area contributed by atoms with E-state index in [0.717, 1.165) is 11.1 Å². The Hall–Kier alpha value is -2.08. The number of carbonyl (C=O) groups excluding carboxylic acids is 4. The summed E-state index contributed by atoms with van der Waals surface area (Å²) < 4.78 is 48.8. The van der Waals surface area contributed by atoms with Crippen molar-refractivity contribution < 1.29 is 47.5 Å². The molecule has 0 bridgehead atoms. The van der Waals surface area contributed by atoms with Gasteiger partial charge in [-0.05, 0) is 115 Å². The van der Waals surface area contributed by atoms with E-state index < -0.39 is 75.9 Å². The van der Waals surface area contributed by atoms with Gasteiger partial charge in [0.1, 0.15) is 22.5 Å². The van der Waals surface area contributed by atoms with Gasteiger partial charge >= 0.3 is 7.69 Å². The minimum Gasteiger partial charge on any atom is -0.401 e. The van der Waals surface area contributed by atoms with E-state index in [1.165, 1.54) is 13.8 Å². The van der Waals surface area contributed by atoms with E-state index in [2.05, 4.69) is 0 Å². The van der Waals surface area contributed by atoms with Crippen molar-refractivity contribution in [1.29, 1.82) is 0 Å². The number of hydrogen-bond acceptors (Lipinski definition) is 8. The quantitative estimate of drug-likeness (QED) is 0.312. The molecule has 0 aromatic rings. The van der Waals surface area contributed by atoms with Crippen LogP contribution >= 0.6 is 0 Å². The summed E-state index contributed by atoms with van der Waals surface area (Å²) in [7, 11) is -0.397. The summed E-state index contributed by atoms with van der Waals surface area (Å²) >= 11 is 0. The second-order valence-electron chi connectivity index (χ2n) is 19.5. The monoisotopic (exact) mass is 738 g/mol. The van der Waals surface area contributed by atoms with Gasteiger partial charge in [-0.2, -0.15) is 0 Å². The summed E-state index contributed by atoms with van der Waals surface area (Å²) in [6.07, 6.45) is 5.36. The van der Waals surface area contributed by atoms with E-state index in [-0.39, 0.29) is 60.7 Å². The topological polar surface area (TPSA) is 127 Å². The zero-order valence-electron chi connectivity index (χ0n) is 32.3. The van der Waals surface area contributed by atoms with E-state index >= 15 is 8.78 Å². The Morgan fingerprint density at radius 3 is 1.38 bits per heavy atom. The zero-order valence-corrected chi connectivity index (χ0v) is 32.3. The van der Waals surface area contributed by atoms with Crippen LogP contribution in [0.2, 0.25) is 0 Å². The van der Waals surface area contributed by atoms with Crippen LogP contribution in [0.25, 0.3) is 0 Å². The lowest BCUT2D eigenvalue weighted by Crippen LogP contribution is -2.70. The molecule has 14 unspecified atom stereocenters. The normalized spacial score (nSPS) is 52.9. The predicted molar refractivity (Wildman–Crippen MR) is 193 cm³/mol. The van der Waals surface area contributed by atoms with Crippen molar-refractivity contribution in [3.05, 3.63) is 23.3 Å². The molecule has 8 nitrogen and oxygen atoms in total. The van der Waals surface area contributed by atoms with E-state index in [9.17, 15) is 29.4 Å². The number of halogens is 2. The van der Waals surface area contributed by atoms with Crippen molar-refractivity contribution in [2.45, 2.75) is 166 Å². The summed E-state index contributed by atoms with van der Waals surface area (Å²) in [6, 6.07) is 0. The number of rotatable bonds is 6. The summed E-state index contributed by atoms with van der Waals surface area (Å²) in [6.45, 7) is 10.5. The molecule has 6 fully saturated rings.